The van der Waals surface area contributed by atoms with E-state index in [1.165, 1.54) is 44.1 Å². The van der Waals surface area contributed by atoms with Crippen molar-refractivity contribution in [1.82, 2.24) is 5.43 Å². The second kappa shape index (κ2) is 6.84. The Bertz CT molecular complexity index is 689. The Morgan fingerprint density at radius 1 is 1.22 bits per heavy atom. The summed E-state index contributed by atoms with van der Waals surface area (Å²) in [6.45, 7) is 7.09. The molecule has 0 unspecified atom stereocenters. The molecule has 4 N–H and O–H groups in total. The Hall–Kier alpha value is -0.940. The molecule has 0 bridgehead atoms. The summed E-state index contributed by atoms with van der Waals surface area (Å²) in [5.41, 5.74) is 11.4. The van der Waals surface area contributed by atoms with Crippen molar-refractivity contribution in [1.29, 1.82) is 0 Å². The molecule has 4 aliphatic rings. The van der Waals surface area contributed by atoms with Gasteiger partial charge in [-0.15, -0.1) is 0 Å². The molecule has 4 nitrogen and oxygen atoms in total. The number of aliphatic hydroxyl groups is 1. The number of hydrogen-bond donors (Lipinski definition) is 3. The predicted molar refractivity (Wildman–Crippen MR) is 114 cm³/mol. The van der Waals surface area contributed by atoms with Crippen LogP contribution in [0.25, 0.3) is 0 Å². The molecule has 0 amide bonds. The fraction of sp³-hybridized carbons (Fsp3) is 0.818. The van der Waals surface area contributed by atoms with Crippen molar-refractivity contribution in [2.75, 3.05) is 0 Å². The molecule has 3 fully saturated rings. The average molecular weight is 390 g/mol. The third kappa shape index (κ3) is 3.05. The molecule has 7 atom stereocenters. The van der Waals surface area contributed by atoms with Crippen LogP contribution < -0.4 is 11.2 Å². The van der Waals surface area contributed by atoms with E-state index in [1.54, 1.807) is 0 Å². The Labute approximate surface area is 169 Å². The summed E-state index contributed by atoms with van der Waals surface area (Å²) in [6, 6.07) is 0. The van der Waals surface area contributed by atoms with Gasteiger partial charge in [0.25, 0.3) is 0 Å². The minimum atomic E-state index is -0.0618. The van der Waals surface area contributed by atoms with Gasteiger partial charge >= 0.3 is 0 Å². The average Bonchev–Trinajstić information content (AvgIpc) is 2.97. The van der Waals surface area contributed by atoms with Gasteiger partial charge in [0.2, 0.25) is 0 Å². The summed E-state index contributed by atoms with van der Waals surface area (Å²) in [6.07, 6.45) is 12.0. The number of allylic oxidation sites excluding steroid dienone is 2. The minimum absolute atomic E-state index is 0.0618. The highest BCUT2D eigenvalue weighted by Gasteiger charge is 2.58. The fourth-order valence-corrected chi connectivity index (χ4v) is 7.61. The number of thiocarbonyl (C=S) groups is 1. The van der Waals surface area contributed by atoms with Gasteiger partial charge in [0.15, 0.2) is 5.11 Å². The highest BCUT2D eigenvalue weighted by molar-refractivity contribution is 7.80. The Morgan fingerprint density at radius 3 is 2.74 bits per heavy atom. The molecule has 4 aliphatic carbocycles. The van der Waals surface area contributed by atoms with Crippen LogP contribution in [0.5, 0.6) is 0 Å². The van der Waals surface area contributed by atoms with Crippen LogP contribution in [0, 0.1) is 34.5 Å². The zero-order valence-corrected chi connectivity index (χ0v) is 17.8. The maximum atomic E-state index is 10.2. The van der Waals surface area contributed by atoms with Crippen LogP contribution in [-0.4, -0.2) is 22.0 Å². The number of rotatable bonds is 2. The Balaban J connectivity index is 1.56. The standard InChI is InChI=1S/C22H35N3OS/c1-13(24-25-20(23)27)17-6-7-18-16-5-4-14-12-15(26)8-10-21(14,2)19(16)9-11-22(17,18)3/h6,14-16,18-19,26H,4-5,7-12H2,1-3H3,(H3,23,25,27)/t14-,15-,16+,18+,19+,21-,22+/m0/s1. The van der Waals surface area contributed by atoms with Crippen molar-refractivity contribution in [2.45, 2.75) is 78.2 Å². The summed E-state index contributed by atoms with van der Waals surface area (Å²) >= 11 is 4.90. The lowest BCUT2D eigenvalue weighted by molar-refractivity contribution is -0.117. The fourth-order valence-electron chi connectivity index (χ4n) is 7.56. The minimum Gasteiger partial charge on any atom is -0.393 e. The lowest BCUT2D eigenvalue weighted by atomic mass is 9.44. The summed E-state index contributed by atoms with van der Waals surface area (Å²) in [5, 5.41) is 14.9. The Kier molecular flexibility index (Phi) is 4.91. The topological polar surface area (TPSA) is 70.6 Å². The number of nitrogens with two attached hydrogens (primary N) is 1. The summed E-state index contributed by atoms with van der Waals surface area (Å²) < 4.78 is 0. The summed E-state index contributed by atoms with van der Waals surface area (Å²) in [7, 11) is 0. The number of hydrazone groups is 1. The maximum absolute atomic E-state index is 10.2. The van der Waals surface area contributed by atoms with Gasteiger partial charge in [-0.1, -0.05) is 19.9 Å². The zero-order chi connectivity index (χ0) is 19.4. The van der Waals surface area contributed by atoms with Gasteiger partial charge in [-0.3, -0.25) is 5.43 Å². The third-order valence-corrected chi connectivity index (χ3v) is 9.03. The molecule has 3 saturated carbocycles. The van der Waals surface area contributed by atoms with Crippen LogP contribution >= 0.6 is 12.2 Å². The highest BCUT2D eigenvalue weighted by atomic mass is 32.1. The van der Waals surface area contributed by atoms with Crippen LogP contribution in [0.2, 0.25) is 0 Å². The SMILES string of the molecule is CC(=NNC(N)=S)C1=CC[C@@H]2[C@H]3CC[C@H]4C[C@@H](O)CC[C@]4(C)[C@@H]3CC[C@]12C. The lowest BCUT2D eigenvalue weighted by Crippen LogP contribution is -2.53. The smallest absolute Gasteiger partial charge is 0.184 e. The molecule has 27 heavy (non-hydrogen) atoms. The molecule has 0 spiro atoms. The molecular formula is C22H35N3OS. The second-order valence-corrected chi connectivity index (χ2v) is 10.5. The largest absolute Gasteiger partial charge is 0.393 e. The van der Waals surface area contributed by atoms with Gasteiger partial charge in [0.05, 0.1) is 11.8 Å². The highest BCUT2D eigenvalue weighted by Crippen LogP contribution is 2.66. The number of hydrogen-bond acceptors (Lipinski definition) is 3. The normalized spacial score (nSPS) is 46.7. The van der Waals surface area contributed by atoms with Gasteiger partial charge in [-0.2, -0.15) is 5.10 Å². The van der Waals surface area contributed by atoms with Gasteiger partial charge < -0.3 is 10.8 Å². The first-order valence-corrected chi connectivity index (χ1v) is 11.2. The molecule has 0 aromatic heterocycles. The first kappa shape index (κ1) is 19.4. The van der Waals surface area contributed by atoms with E-state index in [-0.39, 0.29) is 16.6 Å². The summed E-state index contributed by atoms with van der Waals surface area (Å²) in [4.78, 5) is 0. The van der Waals surface area contributed by atoms with Crippen LogP contribution in [0.4, 0.5) is 0 Å². The van der Waals surface area contributed by atoms with Crippen molar-refractivity contribution < 1.29 is 5.11 Å². The molecule has 4 rings (SSSR count). The van der Waals surface area contributed by atoms with Crippen LogP contribution in [0.15, 0.2) is 16.8 Å². The van der Waals surface area contributed by atoms with E-state index in [4.69, 9.17) is 18.0 Å². The van der Waals surface area contributed by atoms with Crippen molar-refractivity contribution in [3.8, 4) is 0 Å². The molecule has 0 aromatic carbocycles. The van der Waals surface area contributed by atoms with Crippen LogP contribution in [0.3, 0.4) is 0 Å². The summed E-state index contributed by atoms with van der Waals surface area (Å²) in [5.74, 6) is 3.08. The number of fused-ring (bicyclic) bond motifs is 5. The zero-order valence-electron chi connectivity index (χ0n) is 17.0. The maximum Gasteiger partial charge on any atom is 0.184 e. The second-order valence-electron chi connectivity index (χ2n) is 10.1. The molecule has 0 radical (unpaired) electrons. The molecule has 0 saturated heterocycles. The first-order valence-electron chi connectivity index (χ1n) is 10.7. The van der Waals surface area contributed by atoms with E-state index >= 15 is 0 Å². The number of nitrogens with zero attached hydrogens (tertiary/aromatic N) is 1. The molecule has 150 valence electrons. The van der Waals surface area contributed by atoms with Gasteiger partial charge in [0, 0.05) is 0 Å². The van der Waals surface area contributed by atoms with Gasteiger partial charge in [-0.25, -0.2) is 0 Å². The van der Waals surface area contributed by atoms with Crippen LogP contribution in [-0.2, 0) is 0 Å². The quantitative estimate of drug-likeness (QED) is 0.377. The van der Waals surface area contributed by atoms with E-state index in [0.717, 1.165) is 42.2 Å². The molecular weight excluding hydrogens is 354 g/mol. The monoisotopic (exact) mass is 389 g/mol. The van der Waals surface area contributed by atoms with Gasteiger partial charge in [0.1, 0.15) is 0 Å². The predicted octanol–water partition coefficient (Wildman–Crippen LogP) is 4.14. The molecule has 0 heterocycles. The number of nitrogens with one attached hydrogen (secondary N) is 1. The van der Waals surface area contributed by atoms with E-state index < -0.39 is 0 Å². The molecule has 5 heteroatoms. The lowest BCUT2D eigenvalue weighted by Gasteiger charge is -2.60. The van der Waals surface area contributed by atoms with E-state index in [2.05, 4.69) is 37.4 Å². The van der Waals surface area contributed by atoms with Crippen LogP contribution in [0.1, 0.15) is 72.1 Å². The van der Waals surface area contributed by atoms with E-state index in [9.17, 15) is 5.11 Å². The van der Waals surface area contributed by atoms with Crippen molar-refractivity contribution >= 4 is 23.0 Å². The van der Waals surface area contributed by atoms with E-state index in [1.807, 2.05) is 0 Å². The molecule has 0 aliphatic heterocycles. The first-order chi connectivity index (χ1) is 12.8. The Morgan fingerprint density at radius 2 is 2.00 bits per heavy atom. The van der Waals surface area contributed by atoms with Crippen molar-refractivity contribution in [2.24, 2.45) is 45.3 Å². The van der Waals surface area contributed by atoms with Crippen molar-refractivity contribution in [3.63, 3.8) is 0 Å². The number of aliphatic hydroxyl groups excluding tert-OH is 1. The van der Waals surface area contributed by atoms with Gasteiger partial charge in [-0.05, 0) is 111 Å². The molecule has 0 aromatic rings. The third-order valence-electron chi connectivity index (χ3n) is 8.94. The van der Waals surface area contributed by atoms with E-state index in [0.29, 0.717) is 5.41 Å². The van der Waals surface area contributed by atoms with Crippen molar-refractivity contribution in [3.05, 3.63) is 11.6 Å².